The second-order valence-corrected chi connectivity index (χ2v) is 10.6. The van der Waals surface area contributed by atoms with Gasteiger partial charge in [-0.25, -0.2) is 4.79 Å². The number of phenols is 1. The lowest BCUT2D eigenvalue weighted by atomic mass is 9.48. The molecule has 180 valence electrons. The average molecular weight is 471 g/mol. The minimum atomic E-state index is -4.53. The number of benzene rings is 2. The van der Waals surface area contributed by atoms with Crippen LogP contribution in [0.2, 0.25) is 0 Å². The number of carbonyl (C=O) groups is 1. The van der Waals surface area contributed by atoms with Crippen molar-refractivity contribution < 1.29 is 28.2 Å². The van der Waals surface area contributed by atoms with Gasteiger partial charge in [-0.2, -0.15) is 13.2 Å². The van der Waals surface area contributed by atoms with Gasteiger partial charge in [0.1, 0.15) is 5.75 Å². The molecule has 0 saturated heterocycles. The third kappa shape index (κ3) is 4.35. The summed E-state index contributed by atoms with van der Waals surface area (Å²) >= 11 is 0. The Kier molecular flexibility index (Phi) is 5.73. The summed E-state index contributed by atoms with van der Waals surface area (Å²) in [7, 11) is 0. The van der Waals surface area contributed by atoms with Gasteiger partial charge in [0, 0.05) is 5.56 Å². The Bertz CT molecular complexity index is 1100. The fourth-order valence-electron chi connectivity index (χ4n) is 7.20. The molecule has 2 N–H and O–H groups in total. The van der Waals surface area contributed by atoms with Crippen molar-refractivity contribution in [1.29, 1.82) is 0 Å². The fraction of sp³-hybridized carbons (Fsp3) is 0.464. The van der Waals surface area contributed by atoms with Gasteiger partial charge in [-0.1, -0.05) is 30.3 Å². The third-order valence-electron chi connectivity index (χ3n) is 8.18. The number of allylic oxidation sites excluding steroid dienone is 1. The molecule has 6 heteroatoms. The largest absolute Gasteiger partial charge is 0.508 e. The number of halogens is 3. The first-order chi connectivity index (χ1) is 16.1. The van der Waals surface area contributed by atoms with Gasteiger partial charge in [-0.05, 0) is 104 Å². The molecule has 2 aromatic rings. The van der Waals surface area contributed by atoms with E-state index in [9.17, 15) is 28.2 Å². The zero-order valence-electron chi connectivity index (χ0n) is 18.9. The van der Waals surface area contributed by atoms with E-state index < -0.39 is 17.7 Å². The minimum absolute atomic E-state index is 0.0299. The van der Waals surface area contributed by atoms with E-state index in [0.29, 0.717) is 18.6 Å². The first-order valence-corrected chi connectivity index (χ1v) is 12.1. The Labute approximate surface area is 197 Å². The lowest BCUT2D eigenvalue weighted by molar-refractivity contribution is -0.137. The van der Waals surface area contributed by atoms with Crippen molar-refractivity contribution >= 4 is 11.5 Å². The molecule has 4 saturated carbocycles. The average Bonchev–Trinajstić information content (AvgIpc) is 2.75. The zero-order chi connectivity index (χ0) is 24.1. The third-order valence-corrected chi connectivity index (χ3v) is 8.18. The second-order valence-electron chi connectivity index (χ2n) is 10.6. The molecule has 4 aliphatic rings. The summed E-state index contributed by atoms with van der Waals surface area (Å²) in [4.78, 5) is 11.7. The molecule has 2 aromatic carbocycles. The Morgan fingerprint density at radius 3 is 2.21 bits per heavy atom. The van der Waals surface area contributed by atoms with Crippen LogP contribution < -0.4 is 0 Å². The predicted octanol–water partition coefficient (Wildman–Crippen LogP) is 6.98. The van der Waals surface area contributed by atoms with Crippen LogP contribution in [0.5, 0.6) is 5.75 Å². The van der Waals surface area contributed by atoms with Crippen molar-refractivity contribution in [3.8, 4) is 5.75 Å². The van der Waals surface area contributed by atoms with Crippen LogP contribution in [-0.2, 0) is 22.8 Å². The first kappa shape index (κ1) is 23.0. The van der Waals surface area contributed by atoms with Gasteiger partial charge in [0.15, 0.2) is 0 Å². The maximum Gasteiger partial charge on any atom is 0.416 e. The summed E-state index contributed by atoms with van der Waals surface area (Å²) in [6, 6.07) is 10.2. The van der Waals surface area contributed by atoms with Crippen molar-refractivity contribution in [2.24, 2.45) is 17.8 Å². The lowest BCUT2D eigenvalue weighted by Gasteiger charge is -2.57. The second kappa shape index (κ2) is 8.47. The van der Waals surface area contributed by atoms with E-state index in [0.717, 1.165) is 60.3 Å². The predicted molar refractivity (Wildman–Crippen MR) is 123 cm³/mol. The van der Waals surface area contributed by atoms with Crippen LogP contribution >= 0.6 is 0 Å². The summed E-state index contributed by atoms with van der Waals surface area (Å²) in [5.74, 6) is 1.39. The van der Waals surface area contributed by atoms with Gasteiger partial charge in [0.25, 0.3) is 0 Å². The van der Waals surface area contributed by atoms with E-state index in [1.54, 1.807) is 6.07 Å². The van der Waals surface area contributed by atoms with Gasteiger partial charge in [0.2, 0.25) is 0 Å². The Morgan fingerprint density at radius 1 is 1.00 bits per heavy atom. The van der Waals surface area contributed by atoms with E-state index >= 15 is 0 Å². The quantitative estimate of drug-likeness (QED) is 0.448. The Hall–Kier alpha value is -2.76. The Morgan fingerprint density at radius 2 is 1.65 bits per heavy atom. The highest BCUT2D eigenvalue weighted by atomic mass is 19.4. The topological polar surface area (TPSA) is 57.5 Å². The molecule has 3 nitrogen and oxygen atoms in total. The van der Waals surface area contributed by atoms with Gasteiger partial charge in [-0.15, -0.1) is 0 Å². The van der Waals surface area contributed by atoms with Crippen LogP contribution in [0.25, 0.3) is 5.57 Å². The summed E-state index contributed by atoms with van der Waals surface area (Å²) in [6.07, 6.45) is 5.25. The highest BCUT2D eigenvalue weighted by molar-refractivity contribution is 6.15. The smallest absolute Gasteiger partial charge is 0.416 e. The van der Waals surface area contributed by atoms with Crippen LogP contribution in [0.4, 0.5) is 13.2 Å². The van der Waals surface area contributed by atoms with Crippen LogP contribution in [0.3, 0.4) is 0 Å². The molecule has 0 radical (unpaired) electrons. The molecular formula is C28H29F3O3. The lowest BCUT2D eigenvalue weighted by Crippen LogP contribution is -2.48. The number of carboxylic acids is 1. The summed E-state index contributed by atoms with van der Waals surface area (Å²) in [5, 5.41) is 20.5. The molecule has 0 heterocycles. The Balaban J connectivity index is 1.31. The van der Waals surface area contributed by atoms with Crippen molar-refractivity contribution in [3.63, 3.8) is 0 Å². The highest BCUT2D eigenvalue weighted by Crippen LogP contribution is 2.61. The number of aromatic hydroxyl groups is 1. The molecule has 4 aliphatic carbocycles. The van der Waals surface area contributed by atoms with Crippen molar-refractivity contribution in [3.05, 3.63) is 70.8 Å². The fourth-order valence-corrected chi connectivity index (χ4v) is 7.20. The van der Waals surface area contributed by atoms with Crippen LogP contribution in [-0.4, -0.2) is 16.2 Å². The summed E-state index contributed by atoms with van der Waals surface area (Å²) in [5.41, 5.74) is 1.04. The van der Waals surface area contributed by atoms with E-state index in [2.05, 4.69) is 0 Å². The molecule has 4 fully saturated rings. The molecule has 6 rings (SSSR count). The maximum atomic E-state index is 13.0. The van der Waals surface area contributed by atoms with Crippen molar-refractivity contribution in [2.45, 2.75) is 63.0 Å². The first-order valence-electron chi connectivity index (χ1n) is 12.1. The maximum absolute atomic E-state index is 13.0. The number of hydrogen-bond acceptors (Lipinski definition) is 2. The standard InChI is InChI=1S/C28H29F3O3/c29-28(30,31)22-5-2-4-21(13-22)23(26(33)34)6-1-3-17-7-8-24(25(32)12-17)27-14-18-9-19(15-27)11-20(10-18)16-27/h2,4-8,12-13,18-20,32H,1,3,9-11,14-16H2,(H,33,34). The number of hydrogen-bond donors (Lipinski definition) is 2. The van der Waals surface area contributed by atoms with Crippen LogP contribution in [0.1, 0.15) is 67.2 Å². The molecule has 4 bridgehead atoms. The molecular weight excluding hydrogens is 441 g/mol. The molecule has 0 atom stereocenters. The number of rotatable bonds is 6. The number of carboxylic acid groups (broad SMARTS) is 1. The van der Waals surface area contributed by atoms with E-state index in [4.69, 9.17) is 0 Å². The number of aryl methyl sites for hydroxylation is 1. The van der Waals surface area contributed by atoms with E-state index in [1.165, 1.54) is 37.5 Å². The highest BCUT2D eigenvalue weighted by Gasteiger charge is 2.52. The molecule has 34 heavy (non-hydrogen) atoms. The van der Waals surface area contributed by atoms with Crippen molar-refractivity contribution in [1.82, 2.24) is 0 Å². The minimum Gasteiger partial charge on any atom is -0.508 e. The monoisotopic (exact) mass is 470 g/mol. The van der Waals surface area contributed by atoms with Gasteiger partial charge < -0.3 is 10.2 Å². The number of alkyl halides is 3. The normalized spacial score (nSPS) is 28.3. The number of phenolic OH excluding ortho intramolecular Hbond substituents is 1. The molecule has 0 spiro atoms. The van der Waals surface area contributed by atoms with E-state index in [1.807, 2.05) is 12.1 Å². The summed E-state index contributed by atoms with van der Waals surface area (Å²) < 4.78 is 39.1. The molecule has 0 amide bonds. The van der Waals surface area contributed by atoms with Gasteiger partial charge >= 0.3 is 12.1 Å². The van der Waals surface area contributed by atoms with E-state index in [-0.39, 0.29) is 16.6 Å². The van der Waals surface area contributed by atoms with Crippen LogP contribution in [0.15, 0.2) is 48.5 Å². The van der Waals surface area contributed by atoms with Gasteiger partial charge in [-0.3, -0.25) is 0 Å². The summed E-state index contributed by atoms with van der Waals surface area (Å²) in [6.45, 7) is 0. The van der Waals surface area contributed by atoms with Crippen LogP contribution in [0, 0.1) is 17.8 Å². The molecule has 0 aromatic heterocycles. The number of aliphatic carboxylic acids is 1. The SMILES string of the molecule is O=C(O)C(=CCCc1ccc(C23CC4CC(CC(C4)C2)C3)c(O)c1)c1cccc(C(F)(F)F)c1. The zero-order valence-corrected chi connectivity index (χ0v) is 18.9. The molecule has 0 unspecified atom stereocenters. The van der Waals surface area contributed by atoms with Crippen molar-refractivity contribution in [2.75, 3.05) is 0 Å². The van der Waals surface area contributed by atoms with Gasteiger partial charge in [0.05, 0.1) is 11.1 Å². The molecule has 0 aliphatic heterocycles.